The van der Waals surface area contributed by atoms with Crippen LogP contribution >= 0.6 is 0 Å². The van der Waals surface area contributed by atoms with Gasteiger partial charge < -0.3 is 13.1 Å². The predicted octanol–water partition coefficient (Wildman–Crippen LogP) is -0.963. The summed E-state index contributed by atoms with van der Waals surface area (Å²) >= 11 is 0. The molecule has 122 valence electrons. The molecule has 0 aliphatic heterocycles. The third-order valence-corrected chi connectivity index (χ3v) is 2.84. The first-order chi connectivity index (χ1) is 10.00. The maximum absolute atomic E-state index is 11.1. The van der Waals surface area contributed by atoms with Crippen LogP contribution in [0.5, 0.6) is 11.5 Å². The third kappa shape index (κ3) is 6.53. The van der Waals surface area contributed by atoms with E-state index in [1.807, 2.05) is 0 Å². The quantitative estimate of drug-likeness (QED) is 0.488. The van der Waals surface area contributed by atoms with E-state index in [4.69, 9.17) is 10.3 Å². The Bertz CT molecular complexity index is 798. The van der Waals surface area contributed by atoms with Gasteiger partial charge in [0, 0.05) is 11.6 Å². The zero-order valence-electron chi connectivity index (χ0n) is 11.1. The Labute approximate surface area is 126 Å². The molecule has 1 aromatic carbocycles. The first kappa shape index (κ1) is 17.9. The molecule has 22 heavy (non-hydrogen) atoms. The number of carbonyl (C=O) groups is 1. The molecule has 1 aromatic rings. The summed E-state index contributed by atoms with van der Waals surface area (Å²) in [5.74, 6) is -1.22. The summed E-state index contributed by atoms with van der Waals surface area (Å²) in [4.78, 5) is 11.1. The first-order valence-electron chi connectivity index (χ1n) is 5.34. The van der Waals surface area contributed by atoms with E-state index < -0.39 is 26.6 Å². The van der Waals surface area contributed by atoms with Crippen molar-refractivity contribution < 1.29 is 34.7 Å². The first-order valence-corrected chi connectivity index (χ1v) is 8.29. The fourth-order valence-corrected chi connectivity index (χ4v) is 2.04. The lowest BCUT2D eigenvalue weighted by atomic mass is 10.2. The number of nitrogens with two attached hydrogens (primary N) is 2. The molecule has 10 nitrogen and oxygen atoms in total. The smallest absolute Gasteiger partial charge is 0.380 e. The van der Waals surface area contributed by atoms with Crippen LogP contribution in [0.1, 0.15) is 5.56 Å². The number of ether oxygens (including phenoxy) is 1. The minimum Gasteiger partial charge on any atom is -0.466 e. The van der Waals surface area contributed by atoms with Crippen LogP contribution in [0.25, 0.3) is 6.08 Å². The maximum Gasteiger partial charge on any atom is 0.380 e. The number of hydrogen-bond acceptors (Lipinski definition) is 8. The van der Waals surface area contributed by atoms with Gasteiger partial charge in [0.25, 0.3) is 0 Å². The minimum absolute atomic E-state index is 0.0134. The van der Waals surface area contributed by atoms with Crippen LogP contribution in [0, 0.1) is 0 Å². The molecular weight excluding hydrogens is 340 g/mol. The highest BCUT2D eigenvalue weighted by molar-refractivity contribution is 7.85. The van der Waals surface area contributed by atoms with Crippen LogP contribution in [-0.2, 0) is 30.1 Å². The lowest BCUT2D eigenvalue weighted by molar-refractivity contribution is -0.134. The highest BCUT2D eigenvalue weighted by Crippen LogP contribution is 2.27. The van der Waals surface area contributed by atoms with Crippen LogP contribution in [0.2, 0.25) is 0 Å². The number of methoxy groups -OCH3 is 1. The van der Waals surface area contributed by atoms with E-state index in [1.54, 1.807) is 0 Å². The summed E-state index contributed by atoms with van der Waals surface area (Å²) in [7, 11) is -7.47. The van der Waals surface area contributed by atoms with Gasteiger partial charge in [0.2, 0.25) is 0 Å². The number of rotatable bonds is 6. The van der Waals surface area contributed by atoms with Crippen molar-refractivity contribution in [3.8, 4) is 11.5 Å². The average Bonchev–Trinajstić information content (AvgIpc) is 2.35. The molecule has 0 aromatic heterocycles. The van der Waals surface area contributed by atoms with Gasteiger partial charge in [0.05, 0.1) is 7.11 Å². The van der Waals surface area contributed by atoms with Crippen molar-refractivity contribution in [2.24, 2.45) is 10.3 Å². The summed E-state index contributed by atoms with van der Waals surface area (Å²) in [6.45, 7) is 0. The predicted molar refractivity (Wildman–Crippen MR) is 75.0 cm³/mol. The monoisotopic (exact) mass is 352 g/mol. The van der Waals surface area contributed by atoms with E-state index in [0.717, 1.165) is 37.5 Å². The Morgan fingerprint density at radius 1 is 1.09 bits per heavy atom. The van der Waals surface area contributed by atoms with Gasteiger partial charge in [-0.15, -0.1) is 0 Å². The van der Waals surface area contributed by atoms with Crippen molar-refractivity contribution in [2.45, 2.75) is 0 Å². The van der Waals surface area contributed by atoms with Gasteiger partial charge in [-0.3, -0.25) is 0 Å². The Balaban J connectivity index is 3.27. The highest BCUT2D eigenvalue weighted by Gasteiger charge is 2.13. The van der Waals surface area contributed by atoms with E-state index >= 15 is 0 Å². The molecule has 0 atom stereocenters. The molecule has 0 aliphatic carbocycles. The molecule has 0 bridgehead atoms. The molecule has 0 heterocycles. The number of carbonyl (C=O) groups excluding carboxylic acids is 1. The van der Waals surface area contributed by atoms with Crippen LogP contribution in [-0.4, -0.2) is 29.9 Å². The van der Waals surface area contributed by atoms with Gasteiger partial charge in [-0.25, -0.2) is 4.79 Å². The molecule has 0 amide bonds. The summed E-state index contributed by atoms with van der Waals surface area (Å²) < 4.78 is 56.9. The van der Waals surface area contributed by atoms with Crippen LogP contribution in [0.15, 0.2) is 24.3 Å². The van der Waals surface area contributed by atoms with Crippen molar-refractivity contribution in [3.05, 3.63) is 29.8 Å². The van der Waals surface area contributed by atoms with Gasteiger partial charge in [0.1, 0.15) is 5.75 Å². The van der Waals surface area contributed by atoms with Crippen molar-refractivity contribution in [2.75, 3.05) is 7.11 Å². The molecule has 0 unspecified atom stereocenters. The van der Waals surface area contributed by atoms with Gasteiger partial charge in [0.15, 0.2) is 5.75 Å². The van der Waals surface area contributed by atoms with Crippen molar-refractivity contribution in [3.63, 3.8) is 0 Å². The SMILES string of the molecule is COC(=O)/C=C/c1cc(OS(N)(=O)=O)ccc1OS(N)(=O)=O. The number of hydrogen-bond donors (Lipinski definition) is 2. The average molecular weight is 352 g/mol. The number of benzene rings is 1. The second-order valence-electron chi connectivity index (χ2n) is 3.71. The lowest BCUT2D eigenvalue weighted by Gasteiger charge is -2.08. The molecule has 12 heteroatoms. The van der Waals surface area contributed by atoms with Crippen LogP contribution < -0.4 is 18.6 Å². The largest absolute Gasteiger partial charge is 0.466 e. The molecule has 1 rings (SSSR count). The molecule has 0 radical (unpaired) electrons. The van der Waals surface area contributed by atoms with E-state index in [1.165, 1.54) is 0 Å². The van der Waals surface area contributed by atoms with E-state index in [2.05, 4.69) is 13.1 Å². The van der Waals surface area contributed by atoms with Gasteiger partial charge in [-0.2, -0.15) is 27.1 Å². The molecular formula is C10H12N2O8S2. The molecule has 0 fully saturated rings. The summed E-state index contributed by atoms with van der Waals surface area (Å²) in [6, 6.07) is 3.23. The second kappa shape index (κ2) is 6.74. The Kier molecular flexibility index (Phi) is 5.48. The van der Waals surface area contributed by atoms with Crippen molar-refractivity contribution >= 4 is 32.7 Å². The lowest BCUT2D eigenvalue weighted by Crippen LogP contribution is -2.20. The zero-order valence-corrected chi connectivity index (χ0v) is 12.8. The Morgan fingerprint density at radius 2 is 1.68 bits per heavy atom. The molecule has 0 aliphatic rings. The minimum atomic E-state index is -4.33. The van der Waals surface area contributed by atoms with E-state index in [-0.39, 0.29) is 17.1 Å². The van der Waals surface area contributed by atoms with Gasteiger partial charge >= 0.3 is 26.6 Å². The third-order valence-electron chi connectivity index (χ3n) is 2.00. The zero-order chi connectivity index (χ0) is 17.0. The van der Waals surface area contributed by atoms with Crippen LogP contribution in [0.3, 0.4) is 0 Å². The van der Waals surface area contributed by atoms with Crippen molar-refractivity contribution in [1.29, 1.82) is 0 Å². The van der Waals surface area contributed by atoms with E-state index in [0.29, 0.717) is 0 Å². The van der Waals surface area contributed by atoms with Gasteiger partial charge in [-0.05, 0) is 24.3 Å². The Morgan fingerprint density at radius 3 is 2.18 bits per heavy atom. The standard InChI is InChI=1S/C10H12N2O8S2/c1-18-10(13)5-2-7-6-8(19-21(11,14)15)3-4-9(7)20-22(12,16)17/h2-6H,1H3,(H2,11,14,15)(H2,12,16,17)/b5-2+. The summed E-state index contributed by atoms with van der Waals surface area (Å²) in [5, 5.41) is 9.46. The molecule has 0 saturated heterocycles. The summed E-state index contributed by atoms with van der Waals surface area (Å²) in [5.41, 5.74) is -0.0134. The highest BCUT2D eigenvalue weighted by atomic mass is 32.2. The summed E-state index contributed by atoms with van der Waals surface area (Å²) in [6.07, 6.45) is 2.06. The maximum atomic E-state index is 11.1. The molecule has 4 N–H and O–H groups in total. The molecule has 0 spiro atoms. The molecule has 0 saturated carbocycles. The van der Waals surface area contributed by atoms with Crippen LogP contribution in [0.4, 0.5) is 0 Å². The van der Waals surface area contributed by atoms with Gasteiger partial charge in [-0.1, -0.05) is 0 Å². The topological polar surface area (TPSA) is 165 Å². The number of esters is 1. The fourth-order valence-electron chi connectivity index (χ4n) is 1.27. The van der Waals surface area contributed by atoms with E-state index in [9.17, 15) is 21.6 Å². The Hall–Kier alpha value is -2.15. The van der Waals surface area contributed by atoms with Crippen molar-refractivity contribution in [1.82, 2.24) is 0 Å². The second-order valence-corrected chi connectivity index (χ2v) is 6.01. The normalized spacial score (nSPS) is 12.1. The fraction of sp³-hybridized carbons (Fsp3) is 0.100.